The van der Waals surface area contributed by atoms with Crippen molar-refractivity contribution in [2.75, 3.05) is 13.3 Å². The fourth-order valence-corrected chi connectivity index (χ4v) is 0.448. The Morgan fingerprint density at radius 2 is 2.00 bits per heavy atom. The van der Waals surface area contributed by atoms with Gasteiger partial charge in [-0.2, -0.15) is 11.8 Å². The van der Waals surface area contributed by atoms with Crippen LogP contribution in [0.15, 0.2) is 5.16 Å². The second-order valence-electron chi connectivity index (χ2n) is 3.01. The maximum Gasteiger partial charge on any atom is 0.433 e. The molecule has 0 aliphatic heterocycles. The first-order valence-electron chi connectivity index (χ1n) is 4.22. The first-order valence-corrected chi connectivity index (χ1v) is 5.44. The van der Waals surface area contributed by atoms with E-state index in [0.717, 1.165) is 0 Å². The van der Waals surface area contributed by atoms with E-state index in [4.69, 9.17) is 9.90 Å². The van der Waals surface area contributed by atoms with Gasteiger partial charge in [-0.25, -0.2) is 9.59 Å². The maximum atomic E-state index is 10.5. The Morgan fingerprint density at radius 1 is 1.56 bits per heavy atom. The molecule has 4 N–H and O–H groups in total. The molecule has 0 heterocycles. The lowest BCUT2D eigenvalue weighted by Crippen LogP contribution is -2.19. The molecular formula is C8H17N3O4S. The Morgan fingerprint density at radius 3 is 2.31 bits per heavy atom. The molecule has 0 aromatic carbocycles. The predicted octanol–water partition coefficient (Wildman–Crippen LogP) is 1.09. The van der Waals surface area contributed by atoms with E-state index in [1.165, 1.54) is 7.05 Å². The van der Waals surface area contributed by atoms with Gasteiger partial charge in [0.2, 0.25) is 0 Å². The van der Waals surface area contributed by atoms with Crippen LogP contribution in [0.5, 0.6) is 0 Å². The summed E-state index contributed by atoms with van der Waals surface area (Å²) in [5.41, 5.74) is 4.03. The fourth-order valence-electron chi connectivity index (χ4n) is 0.299. The second kappa shape index (κ2) is 8.84. The quantitative estimate of drug-likeness (QED) is 0.394. The van der Waals surface area contributed by atoms with Gasteiger partial charge >= 0.3 is 12.2 Å². The van der Waals surface area contributed by atoms with Gasteiger partial charge in [-0.05, 0) is 20.1 Å². The molecule has 0 aromatic heterocycles. The highest BCUT2D eigenvalue weighted by atomic mass is 32.2. The van der Waals surface area contributed by atoms with Gasteiger partial charge in [-0.15, -0.1) is 0 Å². The van der Waals surface area contributed by atoms with Crippen LogP contribution in [0.2, 0.25) is 0 Å². The zero-order valence-corrected chi connectivity index (χ0v) is 10.5. The lowest BCUT2D eigenvalue weighted by Gasteiger charge is -2.13. The Balaban J connectivity index is 0. The summed E-state index contributed by atoms with van der Waals surface area (Å²) in [6.07, 6.45) is 1.67. The molecule has 0 aromatic rings. The molecule has 94 valence electrons. The van der Waals surface area contributed by atoms with Crippen molar-refractivity contribution in [3.8, 4) is 0 Å². The molecule has 2 amide bonds. The van der Waals surface area contributed by atoms with Gasteiger partial charge in [0.25, 0.3) is 0 Å². The van der Waals surface area contributed by atoms with Crippen LogP contribution in [0.4, 0.5) is 9.59 Å². The third kappa shape index (κ3) is 15.1. The van der Waals surface area contributed by atoms with Crippen LogP contribution in [-0.4, -0.2) is 41.6 Å². The number of thioether (sulfide) groups is 1. The van der Waals surface area contributed by atoms with Crippen LogP contribution in [-0.2, 0) is 4.84 Å². The Bertz CT molecular complexity index is 252. The number of carbonyl (C=O) groups is 2. The van der Waals surface area contributed by atoms with Gasteiger partial charge in [-0.1, -0.05) is 5.16 Å². The summed E-state index contributed by atoms with van der Waals surface area (Å²) in [5, 5.41) is 13.0. The van der Waals surface area contributed by atoms with E-state index >= 15 is 0 Å². The number of hydrogen-bond donors (Lipinski definition) is 3. The third-order valence-electron chi connectivity index (χ3n) is 1.23. The minimum absolute atomic E-state index is 0.103. The lowest BCUT2D eigenvalue weighted by atomic mass is 10.2. The summed E-state index contributed by atoms with van der Waals surface area (Å²) in [6, 6.07) is 0. The monoisotopic (exact) mass is 251 g/mol. The van der Waals surface area contributed by atoms with Crippen molar-refractivity contribution in [3.05, 3.63) is 0 Å². The van der Waals surface area contributed by atoms with Gasteiger partial charge in [0.15, 0.2) is 0 Å². The van der Waals surface area contributed by atoms with E-state index in [9.17, 15) is 4.79 Å². The zero-order chi connectivity index (χ0) is 13.2. The van der Waals surface area contributed by atoms with Crippen LogP contribution < -0.4 is 11.1 Å². The van der Waals surface area contributed by atoms with Gasteiger partial charge in [-0.3, -0.25) is 4.84 Å². The number of carbonyl (C=O) groups excluding carboxylic acids is 1. The van der Waals surface area contributed by atoms with E-state index in [1.54, 1.807) is 18.0 Å². The molecule has 16 heavy (non-hydrogen) atoms. The van der Waals surface area contributed by atoms with Crippen LogP contribution in [0, 0.1) is 0 Å². The largest absolute Gasteiger partial charge is 0.465 e. The highest BCUT2D eigenvalue weighted by molar-refractivity contribution is 8.00. The number of primary amides is 1. The first kappa shape index (κ1) is 17.0. The molecule has 0 spiro atoms. The Kier molecular flexibility index (Phi) is 9.37. The molecule has 0 aliphatic carbocycles. The minimum Gasteiger partial charge on any atom is -0.465 e. The molecule has 0 fully saturated rings. The Labute approximate surface area is 98.4 Å². The number of oxime groups is 1. The smallest absolute Gasteiger partial charge is 0.433 e. The molecule has 0 bridgehead atoms. The first-order chi connectivity index (χ1) is 7.25. The molecule has 0 saturated carbocycles. The summed E-state index contributed by atoms with van der Waals surface area (Å²) < 4.78 is -0.103. The standard InChI is InChI=1S/C7H14N2O2S.CH3NO2/c1-7(2,12-4)5-9-11-6(10)8-3;2-1(3)4/h5H,1-4H3,(H,8,10);2H2,(H,3,4)/b9-5+;. The molecule has 8 heteroatoms. The van der Waals surface area contributed by atoms with Gasteiger partial charge in [0, 0.05) is 11.8 Å². The van der Waals surface area contributed by atoms with Crippen molar-refractivity contribution in [1.82, 2.24) is 5.32 Å². The number of nitrogens with zero attached hydrogens (tertiary/aromatic N) is 1. The molecular weight excluding hydrogens is 234 g/mol. The summed E-state index contributed by atoms with van der Waals surface area (Å²) >= 11 is 1.63. The van der Waals surface area contributed by atoms with Crippen molar-refractivity contribution < 1.29 is 19.5 Å². The van der Waals surface area contributed by atoms with Crippen molar-refractivity contribution in [3.63, 3.8) is 0 Å². The zero-order valence-electron chi connectivity index (χ0n) is 9.68. The average Bonchev–Trinajstić information content (AvgIpc) is 2.16. The molecule has 0 aliphatic rings. The second-order valence-corrected chi connectivity index (χ2v) is 4.47. The number of nitrogens with one attached hydrogen (secondary N) is 1. The maximum absolute atomic E-state index is 10.5. The van der Waals surface area contributed by atoms with E-state index in [0.29, 0.717) is 0 Å². The highest BCUT2D eigenvalue weighted by Gasteiger charge is 2.12. The van der Waals surface area contributed by atoms with Crippen molar-refractivity contribution in [2.45, 2.75) is 18.6 Å². The topological polar surface area (TPSA) is 114 Å². The van der Waals surface area contributed by atoms with Gasteiger partial charge in [0.05, 0.1) is 6.21 Å². The number of hydrogen-bond acceptors (Lipinski definition) is 5. The molecule has 0 atom stereocenters. The molecule has 0 rings (SSSR count). The number of carboxylic acid groups (broad SMARTS) is 1. The average molecular weight is 251 g/mol. The molecule has 0 unspecified atom stereocenters. The summed E-state index contributed by atoms with van der Waals surface area (Å²) in [4.78, 5) is 23.7. The van der Waals surface area contributed by atoms with Crippen LogP contribution in [0.3, 0.4) is 0 Å². The summed E-state index contributed by atoms with van der Waals surface area (Å²) in [7, 11) is 1.48. The SMILES string of the molecule is CNC(=O)O/N=C/C(C)(C)SC.NC(=O)O. The summed E-state index contributed by atoms with van der Waals surface area (Å²) in [6.45, 7) is 3.96. The van der Waals surface area contributed by atoms with E-state index in [-0.39, 0.29) is 4.75 Å². The number of amides is 2. The highest BCUT2D eigenvalue weighted by Crippen LogP contribution is 2.17. The van der Waals surface area contributed by atoms with Crippen LogP contribution >= 0.6 is 11.8 Å². The van der Waals surface area contributed by atoms with E-state index in [1.807, 2.05) is 20.1 Å². The normalized spacial score (nSPS) is 10.2. The number of nitrogens with two attached hydrogens (primary N) is 1. The van der Waals surface area contributed by atoms with Crippen molar-refractivity contribution in [1.29, 1.82) is 0 Å². The van der Waals surface area contributed by atoms with Gasteiger partial charge in [0.1, 0.15) is 0 Å². The third-order valence-corrected chi connectivity index (χ3v) is 2.39. The van der Waals surface area contributed by atoms with Crippen molar-refractivity contribution in [2.24, 2.45) is 10.9 Å². The van der Waals surface area contributed by atoms with Crippen molar-refractivity contribution >= 4 is 30.2 Å². The lowest BCUT2D eigenvalue weighted by molar-refractivity contribution is 0.153. The number of rotatable bonds is 3. The molecule has 7 nitrogen and oxygen atoms in total. The molecule has 0 saturated heterocycles. The van der Waals surface area contributed by atoms with Crippen LogP contribution in [0.25, 0.3) is 0 Å². The van der Waals surface area contributed by atoms with E-state index < -0.39 is 12.2 Å². The van der Waals surface area contributed by atoms with E-state index in [2.05, 4.69) is 21.0 Å². The minimum atomic E-state index is -1.33. The fraction of sp³-hybridized carbons (Fsp3) is 0.625. The Hall–Kier alpha value is -1.44. The summed E-state index contributed by atoms with van der Waals surface area (Å²) in [5.74, 6) is 0. The molecule has 0 radical (unpaired) electrons. The van der Waals surface area contributed by atoms with Crippen LogP contribution in [0.1, 0.15) is 13.8 Å². The predicted molar refractivity (Wildman–Crippen MR) is 63.8 cm³/mol. The van der Waals surface area contributed by atoms with Gasteiger partial charge < -0.3 is 16.2 Å².